The summed E-state index contributed by atoms with van der Waals surface area (Å²) < 4.78 is 11.7. The van der Waals surface area contributed by atoms with Crippen LogP contribution in [0.25, 0.3) is 10.9 Å². The summed E-state index contributed by atoms with van der Waals surface area (Å²) in [6.45, 7) is 6.03. The van der Waals surface area contributed by atoms with Gasteiger partial charge in [0.25, 0.3) is 0 Å². The maximum atomic E-state index is 11.7. The van der Waals surface area contributed by atoms with Gasteiger partial charge in [0.05, 0.1) is 23.8 Å². The number of carbonyl (C=O) groups is 1. The monoisotopic (exact) mass is 357 g/mol. The van der Waals surface area contributed by atoms with Crippen LogP contribution in [-0.4, -0.2) is 67.9 Å². The van der Waals surface area contributed by atoms with Crippen LogP contribution in [0.5, 0.6) is 0 Å². The van der Waals surface area contributed by atoms with Crippen LogP contribution in [0.2, 0.25) is 0 Å². The first-order valence-corrected chi connectivity index (χ1v) is 8.90. The van der Waals surface area contributed by atoms with Crippen LogP contribution in [0.4, 0.5) is 5.82 Å². The van der Waals surface area contributed by atoms with Crippen molar-refractivity contribution < 1.29 is 14.3 Å². The van der Waals surface area contributed by atoms with Crippen molar-refractivity contribution in [3.8, 4) is 0 Å². The number of amides is 1. The Labute approximate surface area is 154 Å². The number of carbonyl (C=O) groups excluding carboxylic acids is 1. The molecule has 6 heteroatoms. The molecule has 0 spiro atoms. The predicted octanol–water partition coefficient (Wildman–Crippen LogP) is 2.32. The number of morpholine rings is 1. The zero-order chi connectivity index (χ0) is 18.7. The molecule has 2 heterocycles. The Hall–Kier alpha value is -2.18. The van der Waals surface area contributed by atoms with Crippen LogP contribution in [0.15, 0.2) is 36.4 Å². The molecule has 1 amide bonds. The summed E-state index contributed by atoms with van der Waals surface area (Å²) in [5.74, 6) is 0.891. The van der Waals surface area contributed by atoms with Gasteiger partial charge < -0.3 is 19.3 Å². The smallest absolute Gasteiger partial charge is 0.248 e. The third kappa shape index (κ3) is 4.51. The van der Waals surface area contributed by atoms with Crippen molar-refractivity contribution in [3.05, 3.63) is 36.4 Å². The first-order valence-electron chi connectivity index (χ1n) is 8.90. The van der Waals surface area contributed by atoms with Crippen LogP contribution in [-0.2, 0) is 14.3 Å². The van der Waals surface area contributed by atoms with Crippen molar-refractivity contribution in [2.75, 3.05) is 45.3 Å². The lowest BCUT2D eigenvalue weighted by atomic mass is 10.1. The van der Waals surface area contributed by atoms with E-state index >= 15 is 0 Å². The van der Waals surface area contributed by atoms with Crippen molar-refractivity contribution in [1.82, 2.24) is 9.88 Å². The van der Waals surface area contributed by atoms with E-state index in [1.165, 1.54) is 4.90 Å². The van der Waals surface area contributed by atoms with E-state index in [9.17, 15) is 4.79 Å². The molecule has 1 fully saturated rings. The molecule has 1 saturated heterocycles. The molecule has 140 valence electrons. The topological polar surface area (TPSA) is 54.9 Å². The zero-order valence-corrected chi connectivity index (χ0v) is 15.9. The zero-order valence-electron chi connectivity index (χ0n) is 15.9. The quantitative estimate of drug-likeness (QED) is 0.822. The maximum Gasteiger partial charge on any atom is 0.248 e. The average molecular weight is 357 g/mol. The number of hydrogen-bond donors (Lipinski definition) is 0. The number of para-hydroxylation sites is 1. The summed E-state index contributed by atoms with van der Waals surface area (Å²) in [6.07, 6.45) is -0.109. The molecule has 1 atom stereocenters. The van der Waals surface area contributed by atoms with Gasteiger partial charge in [-0.05, 0) is 32.0 Å². The minimum Gasteiger partial charge on any atom is -0.369 e. The summed E-state index contributed by atoms with van der Waals surface area (Å²) in [5.41, 5.74) is 0.671. The van der Waals surface area contributed by atoms with Crippen molar-refractivity contribution >= 4 is 22.6 Å². The summed E-state index contributed by atoms with van der Waals surface area (Å²) >= 11 is 0. The van der Waals surface area contributed by atoms with Gasteiger partial charge in [0, 0.05) is 32.6 Å². The van der Waals surface area contributed by atoms with E-state index in [2.05, 4.69) is 36.9 Å². The molecule has 0 unspecified atom stereocenters. The third-order valence-corrected chi connectivity index (χ3v) is 4.42. The molecule has 6 nitrogen and oxygen atoms in total. The van der Waals surface area contributed by atoms with Gasteiger partial charge in [0.15, 0.2) is 0 Å². The normalized spacial score (nSPS) is 19.5. The Kier molecular flexibility index (Phi) is 5.44. The van der Waals surface area contributed by atoms with Gasteiger partial charge in [0.1, 0.15) is 12.4 Å². The summed E-state index contributed by atoms with van der Waals surface area (Å²) in [4.78, 5) is 20.2. The highest BCUT2D eigenvalue weighted by Gasteiger charge is 2.34. The second-order valence-electron chi connectivity index (χ2n) is 7.55. The molecule has 1 aromatic heterocycles. The molecule has 0 saturated carbocycles. The second-order valence-corrected chi connectivity index (χ2v) is 7.55. The minimum atomic E-state index is -0.314. The van der Waals surface area contributed by atoms with Gasteiger partial charge in [-0.3, -0.25) is 4.79 Å². The van der Waals surface area contributed by atoms with Crippen LogP contribution < -0.4 is 4.90 Å². The number of fused-ring (bicyclic) bond motifs is 1. The predicted molar refractivity (Wildman–Crippen MR) is 102 cm³/mol. The molecular formula is C20H27N3O3. The van der Waals surface area contributed by atoms with E-state index in [1.807, 2.05) is 18.2 Å². The molecule has 0 radical (unpaired) electrons. The minimum absolute atomic E-state index is 0.0480. The molecule has 1 aliphatic rings. The fraction of sp³-hybridized carbons (Fsp3) is 0.500. The molecule has 2 aromatic rings. The molecule has 3 rings (SSSR count). The van der Waals surface area contributed by atoms with Gasteiger partial charge >= 0.3 is 0 Å². The van der Waals surface area contributed by atoms with Crippen LogP contribution >= 0.6 is 0 Å². The number of ether oxygens (including phenoxy) is 2. The fourth-order valence-electron chi connectivity index (χ4n) is 3.20. The molecule has 1 aromatic carbocycles. The SMILES string of the molecule is CN(C)C(=O)COC[C@@H]1CN(c2ccc3ccccc3n2)CC(C)(C)O1. The van der Waals surface area contributed by atoms with Gasteiger partial charge in [0.2, 0.25) is 5.91 Å². The summed E-state index contributed by atoms with van der Waals surface area (Å²) in [7, 11) is 3.44. The number of nitrogens with zero attached hydrogens (tertiary/aromatic N) is 3. The first-order chi connectivity index (χ1) is 12.3. The Balaban J connectivity index is 1.69. The lowest BCUT2D eigenvalue weighted by molar-refractivity contribution is -0.139. The van der Waals surface area contributed by atoms with Crippen molar-refractivity contribution in [2.45, 2.75) is 25.6 Å². The van der Waals surface area contributed by atoms with Crippen LogP contribution in [0.3, 0.4) is 0 Å². The molecule has 26 heavy (non-hydrogen) atoms. The Morgan fingerprint density at radius 1 is 1.31 bits per heavy atom. The number of hydrogen-bond acceptors (Lipinski definition) is 5. The number of anilines is 1. The fourth-order valence-corrected chi connectivity index (χ4v) is 3.20. The third-order valence-electron chi connectivity index (χ3n) is 4.42. The number of benzene rings is 1. The largest absolute Gasteiger partial charge is 0.369 e. The van der Waals surface area contributed by atoms with Crippen LogP contribution in [0, 0.1) is 0 Å². The number of likely N-dealkylation sites (N-methyl/N-ethyl adjacent to an activating group) is 1. The van der Waals surface area contributed by atoms with Gasteiger partial charge in [-0.1, -0.05) is 18.2 Å². The number of pyridine rings is 1. The van der Waals surface area contributed by atoms with Gasteiger partial charge in [-0.15, -0.1) is 0 Å². The van der Waals surface area contributed by atoms with Gasteiger partial charge in [-0.2, -0.15) is 0 Å². The molecule has 0 aliphatic carbocycles. The number of rotatable bonds is 5. The number of aromatic nitrogens is 1. The highest BCUT2D eigenvalue weighted by molar-refractivity contribution is 5.80. The van der Waals surface area contributed by atoms with Crippen molar-refractivity contribution in [1.29, 1.82) is 0 Å². The van der Waals surface area contributed by atoms with E-state index < -0.39 is 0 Å². The van der Waals surface area contributed by atoms with Crippen molar-refractivity contribution in [3.63, 3.8) is 0 Å². The van der Waals surface area contributed by atoms with Crippen LogP contribution in [0.1, 0.15) is 13.8 Å². The van der Waals surface area contributed by atoms with E-state index in [0.717, 1.165) is 23.3 Å². The standard InChI is InChI=1S/C20H27N3O3/c1-20(2)14-23(11-16(26-20)12-25-13-19(24)22(3)4)18-10-9-15-7-5-6-8-17(15)21-18/h5-10,16H,11-14H2,1-4H3/t16-/m0/s1. The van der Waals surface area contributed by atoms with E-state index in [4.69, 9.17) is 14.5 Å². The highest BCUT2D eigenvalue weighted by atomic mass is 16.5. The molecular weight excluding hydrogens is 330 g/mol. The molecule has 0 bridgehead atoms. The second kappa shape index (κ2) is 7.60. The Bertz CT molecular complexity index is 776. The summed E-state index contributed by atoms with van der Waals surface area (Å²) in [6, 6.07) is 12.3. The maximum absolute atomic E-state index is 11.7. The molecule has 0 N–H and O–H groups in total. The highest BCUT2D eigenvalue weighted by Crippen LogP contribution is 2.26. The van der Waals surface area contributed by atoms with Crippen molar-refractivity contribution in [2.24, 2.45) is 0 Å². The Morgan fingerprint density at radius 2 is 2.08 bits per heavy atom. The lowest BCUT2D eigenvalue weighted by Crippen LogP contribution is -2.54. The lowest BCUT2D eigenvalue weighted by Gasteiger charge is -2.43. The van der Waals surface area contributed by atoms with Gasteiger partial charge in [-0.25, -0.2) is 4.98 Å². The van der Waals surface area contributed by atoms with E-state index in [1.54, 1.807) is 14.1 Å². The average Bonchev–Trinajstić information content (AvgIpc) is 2.59. The first kappa shape index (κ1) is 18.6. The van der Waals surface area contributed by atoms with E-state index in [0.29, 0.717) is 13.2 Å². The van der Waals surface area contributed by atoms with E-state index in [-0.39, 0.29) is 24.2 Å². The summed E-state index contributed by atoms with van der Waals surface area (Å²) in [5, 5.41) is 1.13. The Morgan fingerprint density at radius 3 is 2.85 bits per heavy atom. The molecule has 1 aliphatic heterocycles.